The Bertz CT molecular complexity index is 1350. The summed E-state index contributed by atoms with van der Waals surface area (Å²) in [6, 6.07) is 0. The summed E-state index contributed by atoms with van der Waals surface area (Å²) in [5, 5.41) is 10.9. The van der Waals surface area contributed by atoms with E-state index in [1.54, 1.807) is 0 Å². The first-order valence-electron chi connectivity index (χ1n) is 19.1. The molecule has 0 radical (unpaired) electrons. The Labute approximate surface area is 338 Å². The Morgan fingerprint density at radius 1 is 0.586 bits per heavy atom. The van der Waals surface area contributed by atoms with Gasteiger partial charge in [-0.25, -0.2) is 0 Å². The number of hydrogen-bond donors (Lipinski definition) is 1. The van der Waals surface area contributed by atoms with Gasteiger partial charge in [-0.2, -0.15) is 0 Å². The highest BCUT2D eigenvalue weighted by Gasteiger charge is 2.50. The summed E-state index contributed by atoms with van der Waals surface area (Å²) in [4.78, 5) is 90.5. The predicted octanol–water partition coefficient (Wildman–Crippen LogP) is 2.29. The number of methoxy groups -OCH3 is 2. The van der Waals surface area contributed by atoms with Crippen LogP contribution in [0.25, 0.3) is 0 Å². The Morgan fingerprint density at radius 3 is 1.53 bits per heavy atom. The maximum atomic E-state index is 11.5. The lowest BCUT2D eigenvalue weighted by molar-refractivity contribution is -0.311. The van der Waals surface area contributed by atoms with E-state index in [9.17, 15) is 43.5 Å². The smallest absolute Gasteiger partial charge is 0.305 e. The molecule has 0 aromatic carbocycles. The van der Waals surface area contributed by atoms with Gasteiger partial charge in [0.15, 0.2) is 24.3 Å². The van der Waals surface area contributed by atoms with Crippen LogP contribution in [0.15, 0.2) is 0 Å². The zero-order valence-electron chi connectivity index (χ0n) is 34.6. The molecule has 0 saturated carbocycles. The molecule has 2 aliphatic rings. The Balaban J connectivity index is 0.000000580. The minimum absolute atomic E-state index is 0.113. The van der Waals surface area contributed by atoms with Crippen LogP contribution in [0.1, 0.15) is 112 Å². The van der Waals surface area contributed by atoms with E-state index in [0.717, 1.165) is 6.42 Å². The molecule has 332 valence electrons. The zero-order chi connectivity index (χ0) is 43.8. The van der Waals surface area contributed by atoms with Gasteiger partial charge in [0.1, 0.15) is 37.6 Å². The van der Waals surface area contributed by atoms with Crippen LogP contribution in [0.3, 0.4) is 0 Å². The second-order valence-corrected chi connectivity index (χ2v) is 13.6. The molecule has 20 heteroatoms. The van der Waals surface area contributed by atoms with E-state index in [0.29, 0.717) is 45.1 Å². The Hall–Kier alpha value is -4.40. The molecule has 0 spiro atoms. The molecule has 58 heavy (non-hydrogen) atoms. The average Bonchev–Trinajstić information content (AvgIpc) is 3.12. The van der Waals surface area contributed by atoms with Crippen LogP contribution in [-0.4, -0.2) is 136 Å². The molecule has 0 unspecified atom stereocenters. The van der Waals surface area contributed by atoms with Crippen molar-refractivity contribution in [2.45, 2.75) is 161 Å². The van der Waals surface area contributed by atoms with Crippen LogP contribution < -0.4 is 0 Å². The second kappa shape index (κ2) is 27.3. The van der Waals surface area contributed by atoms with E-state index in [-0.39, 0.29) is 50.8 Å². The minimum Gasteiger partial charge on any atom is -0.469 e. The Morgan fingerprint density at radius 2 is 1.05 bits per heavy atom. The van der Waals surface area contributed by atoms with Crippen molar-refractivity contribution in [3.05, 3.63) is 0 Å². The fourth-order valence-corrected chi connectivity index (χ4v) is 6.04. The van der Waals surface area contributed by atoms with Gasteiger partial charge in [0.2, 0.25) is 0 Å². The van der Waals surface area contributed by atoms with E-state index in [1.807, 2.05) is 0 Å². The molecule has 2 heterocycles. The monoisotopic (exact) mass is 836 g/mol. The van der Waals surface area contributed by atoms with Gasteiger partial charge in [-0.1, -0.05) is 12.8 Å². The molecule has 0 aliphatic carbocycles. The Kier molecular flexibility index (Phi) is 24.3. The van der Waals surface area contributed by atoms with Crippen molar-refractivity contribution in [2.75, 3.05) is 34.0 Å². The summed E-state index contributed by atoms with van der Waals surface area (Å²) < 4.78 is 57.3. The number of esters is 8. The topological polar surface area (TPSA) is 258 Å². The van der Waals surface area contributed by atoms with Crippen LogP contribution in [0.4, 0.5) is 0 Å². The molecule has 2 saturated heterocycles. The van der Waals surface area contributed by atoms with E-state index in [1.165, 1.54) is 55.8 Å². The normalized spacial score (nSPS) is 25.0. The SMILES string of the molecule is COC(=O)CCCCCO[C@@H]1C[C@@H](OC(C)=O)[C@H](OC(C)=O)[C@@H](COC(C)=O)O1.COC(=O)CCCCC[C@@]1(O)C[C@@H](OC(C)=O)[C@H](OC(C)=O)[C@@H](COC(C)=O)O1. The lowest BCUT2D eigenvalue weighted by Gasteiger charge is -2.44. The summed E-state index contributed by atoms with van der Waals surface area (Å²) >= 11 is 0. The van der Waals surface area contributed by atoms with E-state index in [4.69, 9.17) is 42.6 Å². The molecular weight excluding hydrogens is 776 g/mol. The van der Waals surface area contributed by atoms with Crippen molar-refractivity contribution in [3.8, 4) is 0 Å². The lowest BCUT2D eigenvalue weighted by Crippen LogP contribution is -2.58. The summed E-state index contributed by atoms with van der Waals surface area (Å²) in [5.74, 6) is -5.68. The molecular formula is C38H60O20. The third-order valence-corrected chi connectivity index (χ3v) is 8.48. The number of rotatable bonds is 21. The molecule has 0 bridgehead atoms. The standard InChI is InChI=1S/2C19H30O10/c1-12(20)26-11-16-18(28-14(3)22)15(27-13(2)21)10-19(24,29-16)9-7-5-6-8-17(23)25-4;1-12(20)26-11-16-19(28-14(3)22)15(27-13(2)21)10-18(29-16)25-9-7-5-6-8-17(23)24-4/h15-16,18,24H,5-11H2,1-4H3;15-16,18-19H,5-11H2,1-4H3/t2*15-,16-,18+,19+/m11/s1. The third-order valence-electron chi connectivity index (χ3n) is 8.48. The molecule has 0 aromatic rings. The summed E-state index contributed by atoms with van der Waals surface area (Å²) in [7, 11) is 2.67. The minimum atomic E-state index is -1.67. The largest absolute Gasteiger partial charge is 0.469 e. The number of aliphatic hydroxyl groups is 1. The van der Waals surface area contributed by atoms with Gasteiger partial charge >= 0.3 is 47.8 Å². The highest BCUT2D eigenvalue weighted by molar-refractivity contribution is 5.70. The molecule has 0 aromatic heterocycles. The first-order valence-corrected chi connectivity index (χ1v) is 19.1. The maximum absolute atomic E-state index is 11.5. The van der Waals surface area contributed by atoms with Crippen LogP contribution in [-0.2, 0) is 90.5 Å². The first-order chi connectivity index (χ1) is 27.3. The highest BCUT2D eigenvalue weighted by atomic mass is 16.7. The van der Waals surface area contributed by atoms with Gasteiger partial charge in [0.25, 0.3) is 0 Å². The fraction of sp³-hybridized carbons (Fsp3) is 0.789. The number of unbranched alkanes of at least 4 members (excludes halogenated alkanes) is 4. The molecule has 8 atom stereocenters. The van der Waals surface area contributed by atoms with Gasteiger partial charge in [-0.15, -0.1) is 0 Å². The van der Waals surface area contributed by atoms with E-state index in [2.05, 4.69) is 9.47 Å². The van der Waals surface area contributed by atoms with Gasteiger partial charge in [0, 0.05) is 80.3 Å². The number of hydrogen-bond acceptors (Lipinski definition) is 20. The van der Waals surface area contributed by atoms with Crippen LogP contribution in [0.2, 0.25) is 0 Å². The zero-order valence-corrected chi connectivity index (χ0v) is 34.6. The quantitative estimate of drug-likeness (QED) is 0.0988. The van der Waals surface area contributed by atoms with Crippen LogP contribution in [0, 0.1) is 0 Å². The number of ether oxygens (including phenoxy) is 11. The molecule has 2 rings (SSSR count). The molecule has 20 nitrogen and oxygen atoms in total. The second-order valence-electron chi connectivity index (χ2n) is 13.6. The van der Waals surface area contributed by atoms with E-state index < -0.39 is 84.5 Å². The number of carbonyl (C=O) groups excluding carboxylic acids is 8. The van der Waals surface area contributed by atoms with Crippen molar-refractivity contribution in [1.82, 2.24) is 0 Å². The molecule has 2 fully saturated rings. The summed E-state index contributed by atoms with van der Waals surface area (Å²) in [6.45, 7) is 7.22. The predicted molar refractivity (Wildman–Crippen MR) is 195 cm³/mol. The summed E-state index contributed by atoms with van der Waals surface area (Å²) in [6.07, 6.45) is -1.55. The van der Waals surface area contributed by atoms with Crippen molar-refractivity contribution in [2.24, 2.45) is 0 Å². The van der Waals surface area contributed by atoms with E-state index >= 15 is 0 Å². The van der Waals surface area contributed by atoms with Crippen molar-refractivity contribution in [1.29, 1.82) is 0 Å². The lowest BCUT2D eigenvalue weighted by atomic mass is 9.91. The van der Waals surface area contributed by atoms with Gasteiger partial charge in [-0.05, 0) is 25.7 Å². The van der Waals surface area contributed by atoms with Gasteiger partial charge in [-0.3, -0.25) is 38.4 Å². The maximum Gasteiger partial charge on any atom is 0.305 e. The van der Waals surface area contributed by atoms with Crippen molar-refractivity contribution in [3.63, 3.8) is 0 Å². The van der Waals surface area contributed by atoms with Crippen molar-refractivity contribution < 1.29 is 95.6 Å². The summed E-state index contributed by atoms with van der Waals surface area (Å²) in [5.41, 5.74) is 0. The first kappa shape index (κ1) is 51.6. The van der Waals surface area contributed by atoms with Crippen molar-refractivity contribution >= 4 is 47.8 Å². The van der Waals surface area contributed by atoms with Crippen LogP contribution in [0.5, 0.6) is 0 Å². The molecule has 0 amide bonds. The van der Waals surface area contributed by atoms with Gasteiger partial charge < -0.3 is 57.2 Å². The third kappa shape index (κ3) is 21.9. The fourth-order valence-electron chi connectivity index (χ4n) is 6.04. The molecule has 2 aliphatic heterocycles. The molecule has 1 N–H and O–H groups in total. The van der Waals surface area contributed by atoms with Crippen LogP contribution >= 0.6 is 0 Å². The van der Waals surface area contributed by atoms with Gasteiger partial charge in [0.05, 0.1) is 14.2 Å². The number of carbonyl (C=O) groups is 8. The highest BCUT2D eigenvalue weighted by Crippen LogP contribution is 2.35. The average molecular weight is 837 g/mol.